The predicted octanol–water partition coefficient (Wildman–Crippen LogP) is 3.95. The zero-order valence-electron chi connectivity index (χ0n) is 16.5. The van der Waals surface area contributed by atoms with Crippen molar-refractivity contribution in [3.05, 3.63) is 35.4 Å². The second kappa shape index (κ2) is 9.52. The Balaban J connectivity index is 1.44. The molecule has 1 aromatic rings. The van der Waals surface area contributed by atoms with Crippen molar-refractivity contribution in [3.8, 4) is 0 Å². The van der Waals surface area contributed by atoms with Gasteiger partial charge in [0.15, 0.2) is 0 Å². The Labute approximate surface area is 158 Å². The second-order valence-electron chi connectivity index (χ2n) is 8.29. The minimum atomic E-state index is -0.215. The van der Waals surface area contributed by atoms with Gasteiger partial charge in [-0.15, -0.1) is 0 Å². The number of esters is 1. The molecular formula is C22H34N2O2. The van der Waals surface area contributed by atoms with Crippen molar-refractivity contribution in [2.75, 3.05) is 32.8 Å². The van der Waals surface area contributed by atoms with Crippen molar-refractivity contribution in [1.82, 2.24) is 9.80 Å². The smallest absolute Gasteiger partial charge is 0.338 e. The average molecular weight is 359 g/mol. The van der Waals surface area contributed by atoms with Crippen molar-refractivity contribution in [3.63, 3.8) is 0 Å². The van der Waals surface area contributed by atoms with Gasteiger partial charge < -0.3 is 9.64 Å². The van der Waals surface area contributed by atoms with Gasteiger partial charge in [0.2, 0.25) is 0 Å². The lowest BCUT2D eigenvalue weighted by atomic mass is 9.99. The highest BCUT2D eigenvalue weighted by atomic mass is 16.5. The highest BCUT2D eigenvalue weighted by Crippen LogP contribution is 2.22. The summed E-state index contributed by atoms with van der Waals surface area (Å²) in [6.45, 7) is 10.5. The third kappa shape index (κ3) is 5.55. The van der Waals surface area contributed by atoms with Crippen LogP contribution in [0, 0.1) is 5.92 Å². The van der Waals surface area contributed by atoms with Gasteiger partial charge in [-0.25, -0.2) is 4.79 Å². The Bertz CT molecular complexity index is 556. The number of piperidine rings is 2. The lowest BCUT2D eigenvalue weighted by molar-refractivity contribution is 0.0459. The van der Waals surface area contributed by atoms with Crippen LogP contribution < -0.4 is 0 Å². The number of carbonyl (C=O) groups is 1. The molecule has 26 heavy (non-hydrogen) atoms. The van der Waals surface area contributed by atoms with Gasteiger partial charge in [0.25, 0.3) is 0 Å². The first-order valence-electron chi connectivity index (χ1n) is 10.3. The maximum absolute atomic E-state index is 12.0. The summed E-state index contributed by atoms with van der Waals surface area (Å²) in [6, 6.07) is 8.74. The monoisotopic (exact) mass is 358 g/mol. The number of rotatable bonds is 6. The van der Waals surface area contributed by atoms with Crippen LogP contribution in [-0.4, -0.2) is 54.6 Å². The van der Waals surface area contributed by atoms with Gasteiger partial charge in [-0.2, -0.15) is 0 Å². The summed E-state index contributed by atoms with van der Waals surface area (Å²) in [5.41, 5.74) is 1.93. The molecule has 144 valence electrons. The van der Waals surface area contributed by atoms with Crippen molar-refractivity contribution in [2.45, 2.75) is 58.5 Å². The molecule has 1 aromatic carbocycles. The molecule has 4 heteroatoms. The molecule has 0 radical (unpaired) electrons. The van der Waals surface area contributed by atoms with E-state index < -0.39 is 0 Å². The standard InChI is InChI=1S/C22H34N2O2/c1-18(2)17-26-22(25)20-8-6-19(7-9-20)16-23-14-10-21(11-15-23)24-12-4-3-5-13-24/h6-9,18,21H,3-5,10-17H2,1-2H3. The van der Waals surface area contributed by atoms with Crippen LogP contribution >= 0.6 is 0 Å². The lowest BCUT2D eigenvalue weighted by Gasteiger charge is -2.40. The number of benzene rings is 1. The van der Waals surface area contributed by atoms with E-state index in [4.69, 9.17) is 4.74 Å². The minimum absolute atomic E-state index is 0.215. The lowest BCUT2D eigenvalue weighted by Crippen LogP contribution is -2.46. The number of hydrogen-bond acceptors (Lipinski definition) is 4. The van der Waals surface area contributed by atoms with Gasteiger partial charge in [-0.05, 0) is 75.5 Å². The van der Waals surface area contributed by atoms with Crippen LogP contribution in [-0.2, 0) is 11.3 Å². The largest absolute Gasteiger partial charge is 0.462 e. The molecule has 0 bridgehead atoms. The Hall–Kier alpha value is -1.39. The number of ether oxygens (including phenoxy) is 1. The van der Waals surface area contributed by atoms with Gasteiger partial charge in [0, 0.05) is 12.6 Å². The Morgan fingerprint density at radius 1 is 1.04 bits per heavy atom. The van der Waals surface area contributed by atoms with Crippen LogP contribution in [0.15, 0.2) is 24.3 Å². The molecule has 2 saturated heterocycles. The molecule has 0 saturated carbocycles. The molecule has 3 rings (SSSR count). The van der Waals surface area contributed by atoms with E-state index in [0.29, 0.717) is 18.1 Å². The highest BCUT2D eigenvalue weighted by molar-refractivity contribution is 5.89. The van der Waals surface area contributed by atoms with Crippen LogP contribution in [0.3, 0.4) is 0 Å². The number of likely N-dealkylation sites (tertiary alicyclic amines) is 2. The maximum atomic E-state index is 12.0. The van der Waals surface area contributed by atoms with Crippen molar-refractivity contribution >= 4 is 5.97 Å². The van der Waals surface area contributed by atoms with E-state index in [1.807, 2.05) is 26.0 Å². The van der Waals surface area contributed by atoms with Gasteiger partial charge in [0.1, 0.15) is 0 Å². The van der Waals surface area contributed by atoms with E-state index in [1.165, 1.54) is 63.8 Å². The molecule has 2 aliphatic rings. The molecule has 0 unspecified atom stereocenters. The fourth-order valence-electron chi connectivity index (χ4n) is 4.06. The first kappa shape index (κ1) is 19.4. The SMILES string of the molecule is CC(C)COC(=O)c1ccc(CN2CCC(N3CCCCC3)CC2)cc1. The van der Waals surface area contributed by atoms with Crippen LogP contribution in [0.1, 0.15) is 61.9 Å². The predicted molar refractivity (Wildman–Crippen MR) is 105 cm³/mol. The highest BCUT2D eigenvalue weighted by Gasteiger charge is 2.25. The van der Waals surface area contributed by atoms with E-state index in [0.717, 1.165) is 12.6 Å². The van der Waals surface area contributed by atoms with Gasteiger partial charge in [0.05, 0.1) is 12.2 Å². The number of hydrogen-bond donors (Lipinski definition) is 0. The van der Waals surface area contributed by atoms with Crippen molar-refractivity contribution < 1.29 is 9.53 Å². The summed E-state index contributed by atoms with van der Waals surface area (Å²) in [6.07, 6.45) is 6.76. The van der Waals surface area contributed by atoms with E-state index in [-0.39, 0.29) is 5.97 Å². The molecule has 0 spiro atoms. The van der Waals surface area contributed by atoms with Gasteiger partial charge in [-0.1, -0.05) is 32.4 Å². The number of nitrogens with zero attached hydrogens (tertiary/aromatic N) is 2. The summed E-state index contributed by atoms with van der Waals surface area (Å²) < 4.78 is 5.29. The maximum Gasteiger partial charge on any atom is 0.338 e. The van der Waals surface area contributed by atoms with Crippen LogP contribution in [0.4, 0.5) is 0 Å². The fourth-order valence-corrected chi connectivity index (χ4v) is 4.06. The first-order chi connectivity index (χ1) is 12.6. The van der Waals surface area contributed by atoms with E-state index in [9.17, 15) is 4.79 Å². The minimum Gasteiger partial charge on any atom is -0.462 e. The molecule has 0 aliphatic carbocycles. The first-order valence-corrected chi connectivity index (χ1v) is 10.3. The Morgan fingerprint density at radius 3 is 2.31 bits per heavy atom. The summed E-state index contributed by atoms with van der Waals surface area (Å²) in [4.78, 5) is 17.3. The normalized spacial score (nSPS) is 20.4. The molecule has 2 heterocycles. The third-order valence-corrected chi connectivity index (χ3v) is 5.61. The summed E-state index contributed by atoms with van der Waals surface area (Å²) in [5, 5.41) is 0. The summed E-state index contributed by atoms with van der Waals surface area (Å²) in [7, 11) is 0. The molecule has 4 nitrogen and oxygen atoms in total. The van der Waals surface area contributed by atoms with Crippen LogP contribution in [0.2, 0.25) is 0 Å². The zero-order valence-corrected chi connectivity index (χ0v) is 16.5. The number of carbonyl (C=O) groups excluding carboxylic acids is 1. The molecular weight excluding hydrogens is 324 g/mol. The van der Waals surface area contributed by atoms with Crippen molar-refractivity contribution in [2.24, 2.45) is 5.92 Å². The summed E-state index contributed by atoms with van der Waals surface area (Å²) >= 11 is 0. The fraction of sp³-hybridized carbons (Fsp3) is 0.682. The van der Waals surface area contributed by atoms with Crippen molar-refractivity contribution in [1.29, 1.82) is 0 Å². The molecule has 0 amide bonds. The molecule has 0 aromatic heterocycles. The molecule has 2 aliphatic heterocycles. The molecule has 2 fully saturated rings. The Morgan fingerprint density at radius 2 is 1.69 bits per heavy atom. The van der Waals surface area contributed by atoms with E-state index in [1.54, 1.807) is 0 Å². The van der Waals surface area contributed by atoms with Crippen LogP contribution in [0.25, 0.3) is 0 Å². The Kier molecular flexibility index (Phi) is 7.09. The van der Waals surface area contributed by atoms with Crippen LogP contribution in [0.5, 0.6) is 0 Å². The molecule has 0 atom stereocenters. The van der Waals surface area contributed by atoms with E-state index >= 15 is 0 Å². The van der Waals surface area contributed by atoms with Gasteiger partial charge >= 0.3 is 5.97 Å². The topological polar surface area (TPSA) is 32.8 Å². The van der Waals surface area contributed by atoms with E-state index in [2.05, 4.69) is 21.9 Å². The second-order valence-corrected chi connectivity index (χ2v) is 8.29. The quantitative estimate of drug-likeness (QED) is 0.721. The third-order valence-electron chi connectivity index (χ3n) is 5.61. The summed E-state index contributed by atoms with van der Waals surface area (Å²) in [5.74, 6) is 0.152. The van der Waals surface area contributed by atoms with Gasteiger partial charge in [-0.3, -0.25) is 4.90 Å². The molecule has 0 N–H and O–H groups in total. The zero-order chi connectivity index (χ0) is 18.4. The average Bonchev–Trinajstić information content (AvgIpc) is 2.68.